The minimum atomic E-state index is -0.596. The van der Waals surface area contributed by atoms with Gasteiger partial charge in [-0.1, -0.05) is 12.1 Å². The van der Waals surface area contributed by atoms with E-state index in [-0.39, 0.29) is 16.8 Å². The molecule has 0 spiro atoms. The number of nitrogens with two attached hydrogens (primary N) is 1. The summed E-state index contributed by atoms with van der Waals surface area (Å²) in [6.07, 6.45) is 0. The molecule has 0 saturated heterocycles. The van der Waals surface area contributed by atoms with Crippen LogP contribution in [0.25, 0.3) is 0 Å². The van der Waals surface area contributed by atoms with E-state index in [0.717, 1.165) is 6.07 Å². The Bertz CT molecular complexity index is 701. The van der Waals surface area contributed by atoms with Gasteiger partial charge in [0.2, 0.25) is 0 Å². The van der Waals surface area contributed by atoms with E-state index in [1.807, 2.05) is 0 Å². The second-order valence-electron chi connectivity index (χ2n) is 4.23. The van der Waals surface area contributed by atoms with Crippen LogP contribution >= 0.6 is 0 Å². The summed E-state index contributed by atoms with van der Waals surface area (Å²) >= 11 is 0. The zero-order chi connectivity index (χ0) is 15.4. The lowest BCUT2D eigenvalue weighted by Gasteiger charge is -2.10. The van der Waals surface area contributed by atoms with E-state index in [0.29, 0.717) is 5.69 Å². The molecule has 0 atom stereocenters. The number of benzene rings is 2. The van der Waals surface area contributed by atoms with Crippen LogP contribution in [0.15, 0.2) is 42.5 Å². The van der Waals surface area contributed by atoms with Gasteiger partial charge in [-0.05, 0) is 30.3 Å². The van der Waals surface area contributed by atoms with Gasteiger partial charge < -0.3 is 15.8 Å². The van der Waals surface area contributed by atoms with Crippen LogP contribution in [0.1, 0.15) is 20.7 Å². The average molecular weight is 288 g/mol. The molecule has 0 heterocycles. The van der Waals surface area contributed by atoms with Crippen molar-refractivity contribution in [3.8, 4) is 0 Å². The number of amides is 1. The smallest absolute Gasteiger partial charge is 0.339 e. The Balaban J connectivity index is 2.27. The van der Waals surface area contributed by atoms with Gasteiger partial charge in [0, 0.05) is 5.56 Å². The largest absolute Gasteiger partial charge is 0.465 e. The lowest BCUT2D eigenvalue weighted by molar-refractivity contribution is 0.0602. The van der Waals surface area contributed by atoms with Crippen LogP contribution in [0, 0.1) is 5.82 Å². The quantitative estimate of drug-likeness (QED) is 0.671. The molecule has 0 unspecified atom stereocenters. The summed E-state index contributed by atoms with van der Waals surface area (Å²) in [7, 11) is 1.25. The first-order valence-corrected chi connectivity index (χ1v) is 6.06. The van der Waals surface area contributed by atoms with Crippen LogP contribution in [0.3, 0.4) is 0 Å². The van der Waals surface area contributed by atoms with Crippen molar-refractivity contribution in [2.24, 2.45) is 0 Å². The molecule has 0 bridgehead atoms. The third-order valence-electron chi connectivity index (χ3n) is 2.84. The zero-order valence-corrected chi connectivity index (χ0v) is 11.2. The number of ether oxygens (including phenoxy) is 1. The number of anilines is 2. The van der Waals surface area contributed by atoms with E-state index in [1.54, 1.807) is 18.2 Å². The summed E-state index contributed by atoms with van der Waals surface area (Å²) < 4.78 is 17.7. The average Bonchev–Trinajstić information content (AvgIpc) is 2.49. The van der Waals surface area contributed by atoms with Gasteiger partial charge in [0.15, 0.2) is 0 Å². The third kappa shape index (κ3) is 3.17. The maximum absolute atomic E-state index is 13.1. The Hall–Kier alpha value is -2.89. The molecule has 0 aromatic heterocycles. The first-order chi connectivity index (χ1) is 10.0. The van der Waals surface area contributed by atoms with Crippen LogP contribution in [0.4, 0.5) is 15.8 Å². The minimum absolute atomic E-state index is 0.121. The number of esters is 1. The van der Waals surface area contributed by atoms with Crippen LogP contribution in [-0.2, 0) is 4.74 Å². The summed E-state index contributed by atoms with van der Waals surface area (Å²) in [5.41, 5.74) is 6.02. The highest BCUT2D eigenvalue weighted by Crippen LogP contribution is 2.18. The lowest BCUT2D eigenvalue weighted by Crippen LogP contribution is -2.15. The molecule has 1 amide bonds. The van der Waals surface area contributed by atoms with Crippen molar-refractivity contribution < 1.29 is 18.7 Å². The second-order valence-corrected chi connectivity index (χ2v) is 4.23. The first-order valence-electron chi connectivity index (χ1n) is 6.06. The highest BCUT2D eigenvalue weighted by atomic mass is 19.1. The van der Waals surface area contributed by atoms with Crippen LogP contribution in [0.2, 0.25) is 0 Å². The van der Waals surface area contributed by atoms with Crippen molar-refractivity contribution in [3.63, 3.8) is 0 Å². The normalized spacial score (nSPS) is 10.0. The standard InChI is InChI=1S/C15H13FN2O3/c1-21-15(20)10-4-2-3-5-13(10)18-14(19)9-6-7-11(16)12(17)8-9/h2-8H,17H2,1H3,(H,18,19). The monoisotopic (exact) mass is 288 g/mol. The fourth-order valence-corrected chi connectivity index (χ4v) is 1.76. The predicted molar refractivity (Wildman–Crippen MR) is 76.5 cm³/mol. The highest BCUT2D eigenvalue weighted by Gasteiger charge is 2.14. The van der Waals surface area contributed by atoms with E-state index < -0.39 is 17.7 Å². The van der Waals surface area contributed by atoms with Gasteiger partial charge in [0.1, 0.15) is 5.82 Å². The zero-order valence-electron chi connectivity index (χ0n) is 11.2. The molecular formula is C15H13FN2O3. The van der Waals surface area contributed by atoms with Gasteiger partial charge in [0.25, 0.3) is 5.91 Å². The van der Waals surface area contributed by atoms with E-state index in [2.05, 4.69) is 10.1 Å². The number of hydrogen-bond acceptors (Lipinski definition) is 4. The summed E-state index contributed by atoms with van der Waals surface area (Å²) in [6, 6.07) is 10.1. The van der Waals surface area contributed by atoms with E-state index >= 15 is 0 Å². The van der Waals surface area contributed by atoms with Crippen molar-refractivity contribution in [1.82, 2.24) is 0 Å². The van der Waals surface area contributed by atoms with E-state index in [1.165, 1.54) is 25.3 Å². The number of carbonyl (C=O) groups excluding carboxylic acids is 2. The van der Waals surface area contributed by atoms with Crippen molar-refractivity contribution in [2.45, 2.75) is 0 Å². The Morgan fingerprint density at radius 2 is 1.90 bits per heavy atom. The first kappa shape index (κ1) is 14.5. The molecule has 0 aliphatic rings. The number of nitrogens with one attached hydrogen (secondary N) is 1. The molecule has 0 aliphatic carbocycles. The molecule has 2 aromatic rings. The summed E-state index contributed by atoms with van der Waals surface area (Å²) in [6.45, 7) is 0. The molecule has 108 valence electrons. The third-order valence-corrected chi connectivity index (χ3v) is 2.84. The number of nitrogen functional groups attached to an aromatic ring is 1. The molecule has 3 N–H and O–H groups in total. The highest BCUT2D eigenvalue weighted by molar-refractivity contribution is 6.08. The molecule has 0 aliphatic heterocycles. The van der Waals surface area contributed by atoms with Gasteiger partial charge >= 0.3 is 5.97 Å². The van der Waals surface area contributed by atoms with Gasteiger partial charge in [0.05, 0.1) is 24.0 Å². The number of rotatable bonds is 3. The van der Waals surface area contributed by atoms with Crippen molar-refractivity contribution in [3.05, 3.63) is 59.4 Å². The molecule has 6 heteroatoms. The molecule has 2 aromatic carbocycles. The molecule has 2 rings (SSSR count). The predicted octanol–water partition coefficient (Wildman–Crippen LogP) is 2.45. The van der Waals surface area contributed by atoms with Crippen LogP contribution in [0.5, 0.6) is 0 Å². The SMILES string of the molecule is COC(=O)c1ccccc1NC(=O)c1ccc(F)c(N)c1. The molecule has 21 heavy (non-hydrogen) atoms. The van der Waals surface area contributed by atoms with Crippen molar-refractivity contribution in [2.75, 3.05) is 18.2 Å². The molecule has 0 radical (unpaired) electrons. The fraction of sp³-hybridized carbons (Fsp3) is 0.0667. The number of halogens is 1. The van der Waals surface area contributed by atoms with Crippen LogP contribution < -0.4 is 11.1 Å². The number of hydrogen-bond donors (Lipinski definition) is 2. The topological polar surface area (TPSA) is 81.4 Å². The fourth-order valence-electron chi connectivity index (χ4n) is 1.76. The molecular weight excluding hydrogens is 275 g/mol. The summed E-state index contributed by atoms with van der Waals surface area (Å²) in [5.74, 6) is -1.66. The maximum atomic E-state index is 13.1. The van der Waals surface area contributed by atoms with E-state index in [9.17, 15) is 14.0 Å². The Labute approximate surface area is 120 Å². The molecule has 0 saturated carbocycles. The number of carbonyl (C=O) groups is 2. The van der Waals surface area contributed by atoms with Crippen molar-refractivity contribution in [1.29, 1.82) is 0 Å². The Kier molecular flexibility index (Phi) is 4.18. The lowest BCUT2D eigenvalue weighted by atomic mass is 10.1. The van der Waals surface area contributed by atoms with Gasteiger partial charge in [-0.2, -0.15) is 0 Å². The Morgan fingerprint density at radius 3 is 2.57 bits per heavy atom. The number of methoxy groups -OCH3 is 1. The summed E-state index contributed by atoms with van der Waals surface area (Å²) in [5, 5.41) is 2.57. The summed E-state index contributed by atoms with van der Waals surface area (Å²) in [4.78, 5) is 23.7. The second kappa shape index (κ2) is 6.04. The van der Waals surface area contributed by atoms with Gasteiger partial charge in [-0.25, -0.2) is 9.18 Å². The van der Waals surface area contributed by atoms with Gasteiger partial charge in [-0.15, -0.1) is 0 Å². The van der Waals surface area contributed by atoms with Crippen molar-refractivity contribution >= 4 is 23.3 Å². The minimum Gasteiger partial charge on any atom is -0.465 e. The Morgan fingerprint density at radius 1 is 1.19 bits per heavy atom. The maximum Gasteiger partial charge on any atom is 0.339 e. The molecule has 0 fully saturated rings. The van der Waals surface area contributed by atoms with E-state index in [4.69, 9.17) is 5.73 Å². The van der Waals surface area contributed by atoms with Gasteiger partial charge in [-0.3, -0.25) is 4.79 Å². The number of para-hydroxylation sites is 1. The molecule has 5 nitrogen and oxygen atoms in total. The van der Waals surface area contributed by atoms with Crippen LogP contribution in [-0.4, -0.2) is 19.0 Å².